The fraction of sp³-hybridized carbons (Fsp3) is 0.220. The minimum absolute atomic E-state index is 0.0279. The van der Waals surface area contributed by atoms with Crippen LogP contribution >= 0.6 is 0 Å². The van der Waals surface area contributed by atoms with Gasteiger partial charge in [0.1, 0.15) is 48.4 Å². The Balaban J connectivity index is 0.945. The highest BCUT2D eigenvalue weighted by atomic mass is 28.4. The van der Waals surface area contributed by atoms with Crippen molar-refractivity contribution in [1.29, 1.82) is 0 Å². The molecule has 12 aromatic rings. The maximum absolute atomic E-state index is 14.4. The molecule has 0 spiro atoms. The highest BCUT2D eigenvalue weighted by Crippen LogP contribution is 2.43. The Kier molecular flexibility index (Phi) is 25.4. The number of ether oxygens (including phenoxy) is 9. The number of hydrogen-bond acceptors (Lipinski definition) is 15. The number of rotatable bonds is 34. The van der Waals surface area contributed by atoms with Gasteiger partial charge < -0.3 is 47.1 Å². The summed E-state index contributed by atoms with van der Waals surface area (Å²) in [6.45, 7) is 6.36. The Morgan fingerprint density at radius 2 is 0.769 bits per heavy atom. The Labute approximate surface area is 631 Å². The number of carbonyl (C=O) groups is 3. The van der Waals surface area contributed by atoms with E-state index in [1.54, 1.807) is 97.2 Å². The molecule has 0 saturated carbocycles. The molecule has 1 aromatic heterocycles. The second-order valence-electron chi connectivity index (χ2n) is 27.5. The number of nitrogens with zero attached hydrogens (tertiary/aromatic N) is 3. The molecule has 0 amide bonds. The molecule has 0 N–H and O–H groups in total. The van der Waals surface area contributed by atoms with E-state index in [0.717, 1.165) is 43.8 Å². The average Bonchev–Trinajstić information content (AvgIpc) is 0.787. The van der Waals surface area contributed by atoms with Gasteiger partial charge in [0.05, 0.1) is 62.5 Å². The molecule has 0 aliphatic carbocycles. The van der Waals surface area contributed by atoms with E-state index in [1.165, 1.54) is 4.68 Å². The van der Waals surface area contributed by atoms with Crippen molar-refractivity contribution in [3.8, 4) is 0 Å². The molecule has 11 aromatic carbocycles. The molecular formula is C91H87N3O13Si. The summed E-state index contributed by atoms with van der Waals surface area (Å²) in [6, 6.07) is 107. The normalized spacial score (nSPS) is 16.3. The van der Waals surface area contributed by atoms with E-state index in [9.17, 15) is 14.4 Å². The molecule has 1 fully saturated rings. The highest BCUT2D eigenvalue weighted by molar-refractivity contribution is 6.99. The molecule has 17 heteroatoms. The summed E-state index contributed by atoms with van der Waals surface area (Å²) < 4.78 is 72.9. The van der Waals surface area contributed by atoms with Crippen molar-refractivity contribution >= 4 is 36.6 Å². The van der Waals surface area contributed by atoms with Crippen molar-refractivity contribution in [3.63, 3.8) is 0 Å². The SMILES string of the molecule is CC(C)(C)[Si](OC[C@H](OCc1ccccc1)[C@@H](OCc1ccccc1)[C@H](OCc1ccccc1)[C@@H](COC(c1ccccc1)(c1ccccc1)c1ccccc1)OCc1cn([C@@H]2O[C@H](COC(=O)c3ccccc3)[C@@H](OC(=O)c3ccccc3)[C@H]2OC(=O)c2ccccc2)nn1)(c1ccccc1)c1ccccc1. The maximum atomic E-state index is 14.4. The first kappa shape index (κ1) is 75.2. The zero-order valence-electron chi connectivity index (χ0n) is 60.5. The van der Waals surface area contributed by atoms with Crippen LogP contribution in [-0.4, -0.2) is 104 Å². The summed E-state index contributed by atoms with van der Waals surface area (Å²) in [7, 11) is -3.33. The lowest BCUT2D eigenvalue weighted by Gasteiger charge is -2.45. The molecule has 2 heterocycles. The summed E-state index contributed by atoms with van der Waals surface area (Å²) >= 11 is 0. The molecule has 13 rings (SSSR count). The van der Waals surface area contributed by atoms with Gasteiger partial charge in [-0.05, 0) is 85.2 Å². The van der Waals surface area contributed by atoms with Crippen LogP contribution < -0.4 is 10.4 Å². The summed E-state index contributed by atoms with van der Waals surface area (Å²) in [5.41, 5.74) is 5.02. The Bertz CT molecular complexity index is 4580. The highest BCUT2D eigenvalue weighted by Gasteiger charge is 2.54. The molecular weight excluding hydrogens is 1370 g/mol. The summed E-state index contributed by atoms with van der Waals surface area (Å²) in [6.07, 6.45) is -7.76. The van der Waals surface area contributed by atoms with Crippen LogP contribution in [0.15, 0.2) is 340 Å². The second-order valence-corrected chi connectivity index (χ2v) is 31.8. The van der Waals surface area contributed by atoms with Crippen LogP contribution in [0.25, 0.3) is 0 Å². The van der Waals surface area contributed by atoms with Crippen LogP contribution in [0.1, 0.15) is 97.1 Å². The molecule has 8 atom stereocenters. The first-order valence-electron chi connectivity index (χ1n) is 36.4. The van der Waals surface area contributed by atoms with Gasteiger partial charge in [-0.25, -0.2) is 19.1 Å². The van der Waals surface area contributed by atoms with Gasteiger partial charge in [-0.2, -0.15) is 0 Å². The van der Waals surface area contributed by atoms with E-state index < -0.39 is 92.4 Å². The summed E-state index contributed by atoms with van der Waals surface area (Å²) in [5, 5.41) is 11.2. The van der Waals surface area contributed by atoms with Crippen molar-refractivity contribution in [2.45, 2.75) is 107 Å². The third-order valence-corrected chi connectivity index (χ3v) is 24.3. The largest absolute Gasteiger partial charge is 0.459 e. The lowest BCUT2D eigenvalue weighted by atomic mass is 9.80. The summed E-state index contributed by atoms with van der Waals surface area (Å²) in [5.74, 6) is -2.13. The van der Waals surface area contributed by atoms with Crippen LogP contribution in [0.2, 0.25) is 5.04 Å². The predicted octanol–water partition coefficient (Wildman–Crippen LogP) is 15.7. The summed E-state index contributed by atoms with van der Waals surface area (Å²) in [4.78, 5) is 42.4. The van der Waals surface area contributed by atoms with Crippen molar-refractivity contribution in [2.75, 3.05) is 19.8 Å². The average molecular weight is 1460 g/mol. The quantitative estimate of drug-likeness (QED) is 0.0161. The number of carbonyl (C=O) groups excluding carboxylic acids is 3. The monoisotopic (exact) mass is 1460 g/mol. The van der Waals surface area contributed by atoms with E-state index >= 15 is 0 Å². The third-order valence-electron chi connectivity index (χ3n) is 19.3. The van der Waals surface area contributed by atoms with E-state index in [4.69, 9.17) is 52.2 Å². The topological polar surface area (TPSA) is 174 Å². The van der Waals surface area contributed by atoms with Gasteiger partial charge in [0.2, 0.25) is 0 Å². The Hall–Kier alpha value is -11.1. The number of aromatic nitrogens is 3. The van der Waals surface area contributed by atoms with Crippen molar-refractivity contribution in [1.82, 2.24) is 15.0 Å². The van der Waals surface area contributed by atoms with Crippen LogP contribution in [0.4, 0.5) is 0 Å². The lowest BCUT2D eigenvalue weighted by Crippen LogP contribution is -2.67. The molecule has 1 aliphatic rings. The maximum Gasteiger partial charge on any atom is 0.338 e. The number of benzene rings is 11. The Morgan fingerprint density at radius 1 is 0.417 bits per heavy atom. The van der Waals surface area contributed by atoms with Gasteiger partial charge in [-0.3, -0.25) is 0 Å². The lowest BCUT2D eigenvalue weighted by molar-refractivity contribution is -0.209. The first-order valence-corrected chi connectivity index (χ1v) is 38.3. The molecule has 0 radical (unpaired) electrons. The van der Waals surface area contributed by atoms with Gasteiger partial charge in [-0.15, -0.1) is 5.10 Å². The Morgan fingerprint density at radius 3 is 1.19 bits per heavy atom. The standard InChI is InChI=1S/C91H87N3O13Si/c1-90(2,3)108(77-55-33-13-34-56-77,78-57-35-14-36-58-78)104-66-80(98-60-67-37-15-4-16-38-67)83(101-62-69-41-19-6-20-42-69)82(100-61-68-39-17-5-18-40-68)79(65-103-91(73-49-27-10-28-50-73,74-51-29-11-30-52-74)75-53-31-12-32-54-75)99-63-76-59-94(93-92-76)86-85(107-89(97)72-47-25-9-26-48-72)84(106-88(96)71-45-23-8-24-46-71)81(105-86)64-102-87(95)70-43-21-7-22-44-70/h4-59,79-86H,60-66H2,1-3H3/t79-,80+,81-,82-,83-,84-,85-,86-/m1/s1. The van der Waals surface area contributed by atoms with Gasteiger partial charge in [0.25, 0.3) is 8.32 Å². The van der Waals surface area contributed by atoms with Gasteiger partial charge in [0.15, 0.2) is 18.4 Å². The zero-order valence-corrected chi connectivity index (χ0v) is 61.5. The molecule has 1 aliphatic heterocycles. The van der Waals surface area contributed by atoms with Gasteiger partial charge in [0, 0.05) is 0 Å². The van der Waals surface area contributed by atoms with Crippen molar-refractivity contribution in [2.24, 2.45) is 0 Å². The van der Waals surface area contributed by atoms with Crippen LogP contribution in [0, 0.1) is 0 Å². The van der Waals surface area contributed by atoms with Crippen LogP contribution in [0.5, 0.6) is 0 Å². The molecule has 548 valence electrons. The fourth-order valence-corrected chi connectivity index (χ4v) is 18.5. The van der Waals surface area contributed by atoms with Crippen molar-refractivity contribution in [3.05, 3.63) is 396 Å². The smallest absolute Gasteiger partial charge is 0.338 e. The number of hydrogen-bond donors (Lipinski definition) is 0. The zero-order chi connectivity index (χ0) is 74.4. The minimum Gasteiger partial charge on any atom is -0.459 e. The van der Waals surface area contributed by atoms with E-state index in [1.807, 2.05) is 158 Å². The second kappa shape index (κ2) is 36.5. The first-order chi connectivity index (χ1) is 52.9. The molecule has 0 bridgehead atoms. The predicted molar refractivity (Wildman–Crippen MR) is 414 cm³/mol. The van der Waals surface area contributed by atoms with Crippen molar-refractivity contribution < 1.29 is 61.4 Å². The van der Waals surface area contributed by atoms with Crippen LogP contribution in [-0.2, 0) is 79.1 Å². The van der Waals surface area contributed by atoms with Gasteiger partial charge in [-0.1, -0.05) is 323 Å². The fourth-order valence-electron chi connectivity index (χ4n) is 13.9. The third kappa shape index (κ3) is 18.3. The van der Waals surface area contributed by atoms with Gasteiger partial charge >= 0.3 is 17.9 Å². The molecule has 16 nitrogen and oxygen atoms in total. The minimum atomic E-state index is -3.33. The molecule has 1 saturated heterocycles. The van der Waals surface area contributed by atoms with E-state index in [-0.39, 0.29) is 56.3 Å². The molecule has 108 heavy (non-hydrogen) atoms. The van der Waals surface area contributed by atoms with E-state index in [2.05, 4.69) is 111 Å². The van der Waals surface area contributed by atoms with Crippen LogP contribution in [0.3, 0.4) is 0 Å². The van der Waals surface area contributed by atoms with E-state index in [0.29, 0.717) is 5.69 Å². The molecule has 0 unspecified atom stereocenters. The number of esters is 3.